The third-order valence-corrected chi connectivity index (χ3v) is 1.74. The van der Waals surface area contributed by atoms with Crippen molar-refractivity contribution in [3.8, 4) is 0 Å². The fourth-order valence-electron chi connectivity index (χ4n) is 0.501. The number of rotatable bonds is 4. The van der Waals surface area contributed by atoms with Crippen LogP contribution in [-0.4, -0.2) is 24.8 Å². The summed E-state index contributed by atoms with van der Waals surface area (Å²) >= 11 is 4.15. The highest BCUT2D eigenvalue weighted by molar-refractivity contribution is 7.80. The lowest BCUT2D eigenvalue weighted by atomic mass is 10.5. The largest absolute Gasteiger partial charge is 0.371 e. The molecule has 2 unspecified atom stereocenters. The van der Waals surface area contributed by atoms with Gasteiger partial charge in [0.05, 0.1) is 18.6 Å². The summed E-state index contributed by atoms with van der Waals surface area (Å²) in [7, 11) is 0. The average Bonchev–Trinajstić information content (AvgIpc) is 2.65. The Morgan fingerprint density at radius 2 is 2.56 bits per heavy atom. The molecule has 1 rings (SSSR count). The van der Waals surface area contributed by atoms with Crippen molar-refractivity contribution < 1.29 is 9.47 Å². The predicted octanol–water partition coefficient (Wildman–Crippen LogP) is 1.07. The molecule has 0 aliphatic carbocycles. The minimum absolute atomic E-state index is 0.0919. The zero-order valence-electron chi connectivity index (χ0n) is 5.54. The minimum atomic E-state index is 0.0919. The van der Waals surface area contributed by atoms with Gasteiger partial charge in [-0.2, -0.15) is 0 Å². The van der Waals surface area contributed by atoms with E-state index in [9.17, 15) is 0 Å². The Morgan fingerprint density at radius 3 is 3.00 bits per heavy atom. The van der Waals surface area contributed by atoms with Gasteiger partial charge in [0, 0.05) is 0 Å². The molecule has 3 heteroatoms. The maximum Gasteiger partial charge on any atom is 0.104 e. The molecule has 0 aromatic rings. The van der Waals surface area contributed by atoms with Gasteiger partial charge in [0.2, 0.25) is 0 Å². The summed E-state index contributed by atoms with van der Waals surface area (Å²) in [6.07, 6.45) is 1.32. The zero-order chi connectivity index (χ0) is 6.69. The lowest BCUT2D eigenvalue weighted by Crippen LogP contribution is -2.08. The third kappa shape index (κ3) is 3.08. The fraction of sp³-hybridized carbons (Fsp3) is 1.00. The minimum Gasteiger partial charge on any atom is -0.371 e. The zero-order valence-corrected chi connectivity index (χ0v) is 6.43. The van der Waals surface area contributed by atoms with Gasteiger partial charge in [-0.15, -0.1) is 12.6 Å². The van der Waals surface area contributed by atoms with Crippen LogP contribution in [-0.2, 0) is 9.47 Å². The number of thiol groups is 1. The standard InChI is InChI=1S/C6H12O2S/c1-2-6(9)8-4-5-3-7-5/h5-6,9H,2-4H2,1H3. The molecule has 2 nitrogen and oxygen atoms in total. The van der Waals surface area contributed by atoms with Gasteiger partial charge in [0.15, 0.2) is 0 Å². The van der Waals surface area contributed by atoms with E-state index in [-0.39, 0.29) is 5.44 Å². The molecule has 0 aromatic heterocycles. The molecule has 0 N–H and O–H groups in total. The highest BCUT2D eigenvalue weighted by Gasteiger charge is 2.22. The Kier molecular flexibility index (Phi) is 2.82. The summed E-state index contributed by atoms with van der Waals surface area (Å²) in [5.74, 6) is 0. The smallest absolute Gasteiger partial charge is 0.104 e. The van der Waals surface area contributed by atoms with Gasteiger partial charge >= 0.3 is 0 Å². The van der Waals surface area contributed by atoms with Crippen LogP contribution < -0.4 is 0 Å². The monoisotopic (exact) mass is 148 g/mol. The van der Waals surface area contributed by atoms with Crippen molar-refractivity contribution in [2.45, 2.75) is 24.9 Å². The fourth-order valence-corrected chi connectivity index (χ4v) is 0.587. The van der Waals surface area contributed by atoms with E-state index in [1.807, 2.05) is 6.92 Å². The molecule has 9 heavy (non-hydrogen) atoms. The topological polar surface area (TPSA) is 21.8 Å². The molecule has 0 radical (unpaired) electrons. The Hall–Kier alpha value is 0.270. The lowest BCUT2D eigenvalue weighted by molar-refractivity contribution is 0.0960. The van der Waals surface area contributed by atoms with E-state index in [1.54, 1.807) is 0 Å². The summed E-state index contributed by atoms with van der Waals surface area (Å²) < 4.78 is 10.2. The van der Waals surface area contributed by atoms with E-state index in [1.165, 1.54) is 0 Å². The molecule has 1 fully saturated rings. The van der Waals surface area contributed by atoms with E-state index in [0.29, 0.717) is 12.7 Å². The summed E-state index contributed by atoms with van der Waals surface area (Å²) in [6.45, 7) is 3.62. The second kappa shape index (κ2) is 3.44. The molecule has 1 aliphatic rings. The molecule has 2 atom stereocenters. The van der Waals surface area contributed by atoms with Gasteiger partial charge in [-0.25, -0.2) is 0 Å². The molecule has 0 spiro atoms. The van der Waals surface area contributed by atoms with Gasteiger partial charge in [-0.05, 0) is 6.42 Å². The molecular formula is C6H12O2S. The SMILES string of the molecule is CCC(S)OCC1CO1. The first-order valence-corrected chi connectivity index (χ1v) is 3.76. The van der Waals surface area contributed by atoms with Crippen LogP contribution in [0.25, 0.3) is 0 Å². The average molecular weight is 148 g/mol. The van der Waals surface area contributed by atoms with Crippen LogP contribution in [0.5, 0.6) is 0 Å². The van der Waals surface area contributed by atoms with Gasteiger partial charge in [-0.1, -0.05) is 6.92 Å². The number of hydrogen-bond donors (Lipinski definition) is 1. The molecule has 54 valence electrons. The summed E-state index contributed by atoms with van der Waals surface area (Å²) in [6, 6.07) is 0. The van der Waals surface area contributed by atoms with Crippen LogP contribution in [0.2, 0.25) is 0 Å². The van der Waals surface area contributed by atoms with Crippen molar-refractivity contribution in [2.24, 2.45) is 0 Å². The first-order valence-electron chi connectivity index (χ1n) is 3.24. The maximum absolute atomic E-state index is 5.25. The normalized spacial score (nSPS) is 28.0. The van der Waals surface area contributed by atoms with Crippen LogP contribution in [0.1, 0.15) is 13.3 Å². The highest BCUT2D eigenvalue weighted by Crippen LogP contribution is 2.11. The first kappa shape index (κ1) is 7.38. The second-order valence-corrected chi connectivity index (χ2v) is 2.73. The van der Waals surface area contributed by atoms with Crippen molar-refractivity contribution in [1.29, 1.82) is 0 Å². The molecule has 0 amide bonds. The van der Waals surface area contributed by atoms with Gasteiger partial charge in [-0.3, -0.25) is 0 Å². The van der Waals surface area contributed by atoms with Crippen LogP contribution >= 0.6 is 12.6 Å². The molecule has 1 saturated heterocycles. The number of epoxide rings is 1. The van der Waals surface area contributed by atoms with Crippen LogP contribution in [0, 0.1) is 0 Å². The van der Waals surface area contributed by atoms with E-state index in [4.69, 9.17) is 9.47 Å². The van der Waals surface area contributed by atoms with E-state index in [2.05, 4.69) is 12.6 Å². The van der Waals surface area contributed by atoms with Crippen molar-refractivity contribution in [1.82, 2.24) is 0 Å². The summed E-state index contributed by atoms with van der Waals surface area (Å²) in [5.41, 5.74) is 0.0919. The van der Waals surface area contributed by atoms with Gasteiger partial charge in [0.25, 0.3) is 0 Å². The molecule has 1 heterocycles. The Balaban J connectivity index is 1.90. The molecule has 1 aliphatic heterocycles. The van der Waals surface area contributed by atoms with Crippen molar-refractivity contribution >= 4 is 12.6 Å². The Bertz CT molecular complexity index is 83.1. The van der Waals surface area contributed by atoms with Crippen molar-refractivity contribution in [2.75, 3.05) is 13.2 Å². The number of hydrogen-bond acceptors (Lipinski definition) is 3. The summed E-state index contributed by atoms with van der Waals surface area (Å²) in [5, 5.41) is 0. The molecular weight excluding hydrogens is 136 g/mol. The van der Waals surface area contributed by atoms with Crippen LogP contribution in [0.15, 0.2) is 0 Å². The number of ether oxygens (including phenoxy) is 2. The van der Waals surface area contributed by atoms with E-state index < -0.39 is 0 Å². The van der Waals surface area contributed by atoms with E-state index >= 15 is 0 Å². The molecule has 0 aromatic carbocycles. The predicted molar refractivity (Wildman–Crippen MR) is 38.8 cm³/mol. The Morgan fingerprint density at radius 1 is 1.89 bits per heavy atom. The molecule has 0 saturated carbocycles. The van der Waals surface area contributed by atoms with Crippen molar-refractivity contribution in [3.05, 3.63) is 0 Å². The highest BCUT2D eigenvalue weighted by atomic mass is 32.1. The van der Waals surface area contributed by atoms with E-state index in [0.717, 1.165) is 13.0 Å². The maximum atomic E-state index is 5.25. The Labute approximate surface area is 60.9 Å². The second-order valence-electron chi connectivity index (χ2n) is 2.15. The quantitative estimate of drug-likeness (QED) is 0.366. The van der Waals surface area contributed by atoms with Crippen LogP contribution in [0.4, 0.5) is 0 Å². The van der Waals surface area contributed by atoms with Gasteiger partial charge < -0.3 is 9.47 Å². The third-order valence-electron chi connectivity index (χ3n) is 1.23. The first-order chi connectivity index (χ1) is 4.33. The van der Waals surface area contributed by atoms with Gasteiger partial charge in [0.1, 0.15) is 6.10 Å². The van der Waals surface area contributed by atoms with Crippen LogP contribution in [0.3, 0.4) is 0 Å². The molecule has 0 bridgehead atoms. The van der Waals surface area contributed by atoms with Crippen molar-refractivity contribution in [3.63, 3.8) is 0 Å². The lowest BCUT2D eigenvalue weighted by Gasteiger charge is -2.06. The summed E-state index contributed by atoms with van der Waals surface area (Å²) in [4.78, 5) is 0.